The van der Waals surface area contributed by atoms with Gasteiger partial charge in [-0.1, -0.05) is 6.07 Å². The normalized spacial score (nSPS) is 19.5. The molecule has 1 fully saturated rings. The van der Waals surface area contributed by atoms with Gasteiger partial charge >= 0.3 is 0 Å². The molecule has 2 N–H and O–H groups in total. The van der Waals surface area contributed by atoms with E-state index in [9.17, 15) is 0 Å². The van der Waals surface area contributed by atoms with Crippen LogP contribution in [-0.4, -0.2) is 44.5 Å². The highest BCUT2D eigenvalue weighted by atomic mass is 16.5. The highest BCUT2D eigenvalue weighted by Crippen LogP contribution is 2.31. The van der Waals surface area contributed by atoms with Crippen molar-refractivity contribution < 1.29 is 9.84 Å². The zero-order valence-electron chi connectivity index (χ0n) is 11.9. The van der Waals surface area contributed by atoms with Gasteiger partial charge in [0.1, 0.15) is 5.75 Å². The third-order valence-corrected chi connectivity index (χ3v) is 3.64. The van der Waals surface area contributed by atoms with E-state index in [4.69, 9.17) is 9.84 Å². The van der Waals surface area contributed by atoms with Crippen molar-refractivity contribution in [3.05, 3.63) is 23.8 Å². The lowest BCUT2D eigenvalue weighted by Gasteiger charge is -2.35. The molecule has 1 saturated heterocycles. The Kier molecular flexibility index (Phi) is 5.05. The number of rotatable bonds is 5. The molecule has 0 bridgehead atoms. The summed E-state index contributed by atoms with van der Waals surface area (Å²) in [5.74, 6) is 0.938. The molecule has 1 aliphatic rings. The van der Waals surface area contributed by atoms with E-state index in [2.05, 4.69) is 29.3 Å². The Bertz CT molecular complexity index is 409. The number of nitrogens with one attached hydrogen (secondary N) is 1. The largest absolute Gasteiger partial charge is 0.495 e. The first-order chi connectivity index (χ1) is 9.24. The quantitative estimate of drug-likeness (QED) is 0.847. The van der Waals surface area contributed by atoms with Gasteiger partial charge < -0.3 is 20.1 Å². The summed E-state index contributed by atoms with van der Waals surface area (Å²) in [6.07, 6.45) is 2.34. The summed E-state index contributed by atoms with van der Waals surface area (Å²) in [6, 6.07) is 6.75. The molecule has 0 radical (unpaired) electrons. The number of hydrogen-bond donors (Lipinski definition) is 2. The lowest BCUT2D eigenvalue weighted by molar-refractivity contribution is 0.278. The molecule has 1 heterocycles. The fraction of sp³-hybridized carbons (Fsp3) is 0.600. The van der Waals surface area contributed by atoms with Crippen molar-refractivity contribution in [3.63, 3.8) is 0 Å². The number of ether oxygens (including phenoxy) is 1. The average Bonchev–Trinajstić information content (AvgIpc) is 2.45. The van der Waals surface area contributed by atoms with Crippen molar-refractivity contribution in [2.24, 2.45) is 0 Å². The van der Waals surface area contributed by atoms with Crippen molar-refractivity contribution in [2.75, 3.05) is 38.3 Å². The summed E-state index contributed by atoms with van der Waals surface area (Å²) in [5.41, 5.74) is 2.43. The molecule has 4 nitrogen and oxygen atoms in total. The number of nitrogens with zero attached hydrogens (tertiary/aromatic N) is 1. The van der Waals surface area contributed by atoms with E-state index in [-0.39, 0.29) is 6.61 Å². The SMILES string of the molecule is COc1ccc(C)cc1N1CCCC(NCCO)C1. The molecule has 0 aliphatic carbocycles. The summed E-state index contributed by atoms with van der Waals surface area (Å²) >= 11 is 0. The average molecular weight is 264 g/mol. The number of aryl methyl sites for hydroxylation is 1. The zero-order valence-corrected chi connectivity index (χ0v) is 11.9. The molecule has 0 saturated carbocycles. The summed E-state index contributed by atoms with van der Waals surface area (Å²) in [5, 5.41) is 12.3. The monoisotopic (exact) mass is 264 g/mol. The van der Waals surface area contributed by atoms with Crippen LogP contribution in [0.1, 0.15) is 18.4 Å². The van der Waals surface area contributed by atoms with Crippen molar-refractivity contribution in [1.82, 2.24) is 5.32 Å². The lowest BCUT2D eigenvalue weighted by atomic mass is 10.0. The maximum atomic E-state index is 8.90. The van der Waals surface area contributed by atoms with Crippen LogP contribution in [-0.2, 0) is 0 Å². The minimum atomic E-state index is 0.199. The van der Waals surface area contributed by atoms with E-state index < -0.39 is 0 Å². The second-order valence-corrected chi connectivity index (χ2v) is 5.14. The molecule has 2 rings (SSSR count). The van der Waals surface area contributed by atoms with Crippen LogP contribution in [0.25, 0.3) is 0 Å². The number of aliphatic hydroxyl groups excluding tert-OH is 1. The fourth-order valence-electron chi connectivity index (χ4n) is 2.68. The highest BCUT2D eigenvalue weighted by Gasteiger charge is 2.21. The second-order valence-electron chi connectivity index (χ2n) is 5.14. The van der Waals surface area contributed by atoms with Gasteiger partial charge in [-0.3, -0.25) is 0 Å². The Labute approximate surface area is 115 Å². The van der Waals surface area contributed by atoms with Crippen LogP contribution in [0.3, 0.4) is 0 Å². The number of benzene rings is 1. The maximum Gasteiger partial charge on any atom is 0.142 e. The van der Waals surface area contributed by atoms with E-state index in [1.807, 2.05) is 6.07 Å². The molecular weight excluding hydrogens is 240 g/mol. The van der Waals surface area contributed by atoms with E-state index >= 15 is 0 Å². The molecule has 0 aromatic heterocycles. The van der Waals surface area contributed by atoms with Crippen LogP contribution >= 0.6 is 0 Å². The minimum absolute atomic E-state index is 0.199. The van der Waals surface area contributed by atoms with E-state index in [0.29, 0.717) is 12.6 Å². The van der Waals surface area contributed by atoms with Gasteiger partial charge in [0, 0.05) is 25.7 Å². The Hall–Kier alpha value is -1.26. The number of anilines is 1. The Morgan fingerprint density at radius 1 is 1.47 bits per heavy atom. The molecule has 106 valence electrons. The third kappa shape index (κ3) is 3.61. The minimum Gasteiger partial charge on any atom is -0.495 e. The van der Waals surface area contributed by atoms with Gasteiger partial charge in [0.25, 0.3) is 0 Å². The summed E-state index contributed by atoms with van der Waals surface area (Å²) in [6.45, 7) is 5.01. The van der Waals surface area contributed by atoms with E-state index in [0.717, 1.165) is 18.8 Å². The number of hydrogen-bond acceptors (Lipinski definition) is 4. The first-order valence-corrected chi connectivity index (χ1v) is 6.98. The first-order valence-electron chi connectivity index (χ1n) is 6.98. The molecule has 19 heavy (non-hydrogen) atoms. The topological polar surface area (TPSA) is 44.7 Å². The van der Waals surface area contributed by atoms with Gasteiger partial charge in [0.15, 0.2) is 0 Å². The van der Waals surface area contributed by atoms with Crippen LogP contribution in [0.4, 0.5) is 5.69 Å². The van der Waals surface area contributed by atoms with E-state index in [1.54, 1.807) is 7.11 Å². The summed E-state index contributed by atoms with van der Waals surface area (Å²) < 4.78 is 5.47. The fourth-order valence-corrected chi connectivity index (χ4v) is 2.68. The molecule has 1 unspecified atom stereocenters. The molecule has 1 aliphatic heterocycles. The van der Waals surface area contributed by atoms with Gasteiger partial charge in [0.05, 0.1) is 19.4 Å². The molecule has 1 aromatic carbocycles. The number of piperidine rings is 1. The van der Waals surface area contributed by atoms with Crippen LogP contribution in [0.15, 0.2) is 18.2 Å². The Morgan fingerprint density at radius 2 is 2.32 bits per heavy atom. The first kappa shape index (κ1) is 14.2. The zero-order chi connectivity index (χ0) is 13.7. The van der Waals surface area contributed by atoms with Crippen molar-refractivity contribution >= 4 is 5.69 Å². The molecule has 0 spiro atoms. The standard InChI is InChI=1S/C15H24N2O2/c1-12-5-6-15(19-2)14(10-12)17-8-3-4-13(11-17)16-7-9-18/h5-6,10,13,16,18H,3-4,7-9,11H2,1-2H3. The predicted octanol–water partition coefficient (Wildman–Crippen LogP) is 1.55. The highest BCUT2D eigenvalue weighted by molar-refractivity contribution is 5.60. The smallest absolute Gasteiger partial charge is 0.142 e. The third-order valence-electron chi connectivity index (χ3n) is 3.64. The van der Waals surface area contributed by atoms with E-state index in [1.165, 1.54) is 24.1 Å². The van der Waals surface area contributed by atoms with Gasteiger partial charge in [-0.15, -0.1) is 0 Å². The van der Waals surface area contributed by atoms with Crippen molar-refractivity contribution in [1.29, 1.82) is 0 Å². The molecule has 1 aromatic rings. The molecule has 4 heteroatoms. The van der Waals surface area contributed by atoms with Crippen LogP contribution in [0.2, 0.25) is 0 Å². The number of methoxy groups -OCH3 is 1. The van der Waals surface area contributed by atoms with Crippen molar-refractivity contribution in [3.8, 4) is 5.75 Å². The Balaban J connectivity index is 2.10. The lowest BCUT2D eigenvalue weighted by Crippen LogP contribution is -2.46. The maximum absolute atomic E-state index is 8.90. The van der Waals surface area contributed by atoms with Crippen molar-refractivity contribution in [2.45, 2.75) is 25.8 Å². The molecule has 0 amide bonds. The summed E-state index contributed by atoms with van der Waals surface area (Å²) in [7, 11) is 1.72. The van der Waals surface area contributed by atoms with Crippen LogP contribution in [0.5, 0.6) is 5.75 Å². The van der Waals surface area contributed by atoms with Crippen LogP contribution in [0, 0.1) is 6.92 Å². The van der Waals surface area contributed by atoms with Gasteiger partial charge in [-0.05, 0) is 37.5 Å². The summed E-state index contributed by atoms with van der Waals surface area (Å²) in [4.78, 5) is 2.38. The van der Waals surface area contributed by atoms with Gasteiger partial charge in [0.2, 0.25) is 0 Å². The Morgan fingerprint density at radius 3 is 3.05 bits per heavy atom. The van der Waals surface area contributed by atoms with Gasteiger partial charge in [-0.2, -0.15) is 0 Å². The predicted molar refractivity (Wildman–Crippen MR) is 78.1 cm³/mol. The molecule has 1 atom stereocenters. The number of aliphatic hydroxyl groups is 1. The van der Waals surface area contributed by atoms with Gasteiger partial charge in [-0.25, -0.2) is 0 Å². The second kappa shape index (κ2) is 6.78. The van der Waals surface area contributed by atoms with Crippen LogP contribution < -0.4 is 15.0 Å². The molecular formula is C15H24N2O2.